The predicted molar refractivity (Wildman–Crippen MR) is 51.5 cm³/mol. The van der Waals surface area contributed by atoms with Crippen molar-refractivity contribution in [3.8, 4) is 5.69 Å². The Labute approximate surface area is 78.8 Å². The lowest BCUT2D eigenvalue weighted by atomic mass is 10.4. The van der Waals surface area contributed by atoms with Crippen molar-refractivity contribution in [2.24, 2.45) is 0 Å². The zero-order valence-electron chi connectivity index (χ0n) is 7.65. The zero-order chi connectivity index (χ0) is 9.73. The number of hydrogen-bond donors (Lipinski definition) is 0. The SMILES string of the molecule is CO[Si](C#N)(OC)c1ccccc1. The van der Waals surface area contributed by atoms with Crippen molar-refractivity contribution >= 4 is 13.7 Å². The number of rotatable bonds is 3. The summed E-state index contributed by atoms with van der Waals surface area (Å²) in [6, 6.07) is 9.33. The molecule has 0 atom stereocenters. The molecule has 0 aliphatic rings. The van der Waals surface area contributed by atoms with Crippen molar-refractivity contribution in [3.05, 3.63) is 30.3 Å². The highest BCUT2D eigenvalue weighted by atomic mass is 28.4. The van der Waals surface area contributed by atoms with Crippen LogP contribution >= 0.6 is 0 Å². The monoisotopic (exact) mass is 193 g/mol. The average molecular weight is 193 g/mol. The van der Waals surface area contributed by atoms with Gasteiger partial charge in [0.25, 0.3) is 0 Å². The van der Waals surface area contributed by atoms with Crippen molar-refractivity contribution in [1.29, 1.82) is 5.26 Å². The van der Waals surface area contributed by atoms with Gasteiger partial charge < -0.3 is 8.85 Å². The van der Waals surface area contributed by atoms with Crippen molar-refractivity contribution < 1.29 is 8.85 Å². The van der Waals surface area contributed by atoms with E-state index in [-0.39, 0.29) is 0 Å². The van der Waals surface area contributed by atoms with Crippen LogP contribution in [0.5, 0.6) is 0 Å². The fourth-order valence-corrected chi connectivity index (χ4v) is 2.71. The lowest BCUT2D eigenvalue weighted by Gasteiger charge is -2.18. The van der Waals surface area contributed by atoms with E-state index in [1.807, 2.05) is 30.3 Å². The summed E-state index contributed by atoms with van der Waals surface area (Å²) >= 11 is 0. The molecule has 1 aromatic carbocycles. The number of nitrogens with zero attached hydrogens (tertiary/aromatic N) is 1. The number of hydrogen-bond acceptors (Lipinski definition) is 3. The molecule has 0 radical (unpaired) electrons. The summed E-state index contributed by atoms with van der Waals surface area (Å²) in [5.41, 5.74) is 2.13. The molecule has 0 aliphatic heterocycles. The van der Waals surface area contributed by atoms with Crippen LogP contribution in [0.3, 0.4) is 0 Å². The second-order valence-electron chi connectivity index (χ2n) is 2.50. The Morgan fingerprint density at radius 1 is 1.15 bits per heavy atom. The summed E-state index contributed by atoms with van der Waals surface area (Å²) in [5, 5.41) is 9.83. The third-order valence-corrected chi connectivity index (χ3v) is 4.41. The van der Waals surface area contributed by atoms with E-state index in [1.165, 1.54) is 14.2 Å². The van der Waals surface area contributed by atoms with Crippen molar-refractivity contribution in [2.45, 2.75) is 0 Å². The van der Waals surface area contributed by atoms with E-state index in [2.05, 4.69) is 5.69 Å². The van der Waals surface area contributed by atoms with E-state index in [9.17, 15) is 0 Å². The summed E-state index contributed by atoms with van der Waals surface area (Å²) in [6.07, 6.45) is 0. The van der Waals surface area contributed by atoms with Gasteiger partial charge >= 0.3 is 8.56 Å². The lowest BCUT2D eigenvalue weighted by Crippen LogP contribution is -2.51. The molecule has 0 unspecified atom stereocenters. The minimum Gasteiger partial charge on any atom is -0.384 e. The van der Waals surface area contributed by atoms with E-state index >= 15 is 0 Å². The molecule has 0 fully saturated rings. The van der Waals surface area contributed by atoms with E-state index < -0.39 is 8.56 Å². The first-order chi connectivity index (χ1) is 6.29. The summed E-state index contributed by atoms with van der Waals surface area (Å²) in [6.45, 7) is 0. The second kappa shape index (κ2) is 4.19. The second-order valence-corrected chi connectivity index (χ2v) is 5.35. The predicted octanol–water partition coefficient (Wildman–Crippen LogP) is 0.691. The highest BCUT2D eigenvalue weighted by Crippen LogP contribution is 2.03. The largest absolute Gasteiger partial charge is 0.486 e. The molecule has 0 amide bonds. The highest BCUT2D eigenvalue weighted by molar-refractivity contribution is 6.87. The standard InChI is InChI=1S/C9H11NO2Si/c1-11-13(8-10,12-2)9-6-4-3-5-7-9/h3-7H,1-2H3. The third-order valence-electron chi connectivity index (χ3n) is 1.88. The van der Waals surface area contributed by atoms with E-state index in [0.717, 1.165) is 5.19 Å². The van der Waals surface area contributed by atoms with Crippen LogP contribution in [0.25, 0.3) is 0 Å². The first kappa shape index (κ1) is 9.93. The Morgan fingerprint density at radius 3 is 2.08 bits per heavy atom. The van der Waals surface area contributed by atoms with Gasteiger partial charge in [-0.25, -0.2) is 5.26 Å². The Bertz CT molecular complexity index is 303. The van der Waals surface area contributed by atoms with Crippen LogP contribution in [0.2, 0.25) is 0 Å². The molecule has 3 nitrogen and oxygen atoms in total. The molecule has 0 saturated carbocycles. The molecule has 1 rings (SSSR count). The molecule has 0 aliphatic carbocycles. The molecule has 0 aromatic heterocycles. The van der Waals surface area contributed by atoms with Gasteiger partial charge in [-0.2, -0.15) is 0 Å². The van der Waals surface area contributed by atoms with Crippen molar-refractivity contribution in [2.75, 3.05) is 14.2 Å². The van der Waals surface area contributed by atoms with Gasteiger partial charge in [0.1, 0.15) is 5.69 Å². The van der Waals surface area contributed by atoms with Gasteiger partial charge in [-0.3, -0.25) is 0 Å². The number of benzene rings is 1. The van der Waals surface area contributed by atoms with Gasteiger partial charge in [0.15, 0.2) is 0 Å². The van der Waals surface area contributed by atoms with Crippen LogP contribution in [0.4, 0.5) is 0 Å². The van der Waals surface area contributed by atoms with E-state index in [1.54, 1.807) is 0 Å². The third kappa shape index (κ3) is 1.78. The van der Waals surface area contributed by atoms with Gasteiger partial charge in [0.05, 0.1) is 0 Å². The van der Waals surface area contributed by atoms with Gasteiger partial charge in [0, 0.05) is 19.4 Å². The minimum atomic E-state index is -2.79. The molecule has 0 bridgehead atoms. The van der Waals surface area contributed by atoms with E-state index in [0.29, 0.717) is 0 Å². The molecule has 1 aromatic rings. The Kier molecular flexibility index (Phi) is 3.20. The van der Waals surface area contributed by atoms with Crippen LogP contribution in [-0.2, 0) is 8.85 Å². The Hall–Kier alpha value is -1.15. The van der Waals surface area contributed by atoms with E-state index in [4.69, 9.17) is 14.1 Å². The molecule has 0 heterocycles. The maximum atomic E-state index is 8.99. The van der Waals surface area contributed by atoms with Crippen molar-refractivity contribution in [3.63, 3.8) is 0 Å². The number of nitriles is 1. The van der Waals surface area contributed by atoms with Crippen LogP contribution in [0.1, 0.15) is 0 Å². The molecule has 4 heteroatoms. The quantitative estimate of drug-likeness (QED) is 0.663. The summed E-state index contributed by atoms with van der Waals surface area (Å²) in [4.78, 5) is 0. The highest BCUT2D eigenvalue weighted by Gasteiger charge is 2.39. The Balaban J connectivity index is 3.10. The minimum absolute atomic E-state index is 0.836. The molecule has 0 N–H and O–H groups in total. The first-order valence-electron chi connectivity index (χ1n) is 3.86. The normalized spacial score (nSPS) is 10.8. The van der Waals surface area contributed by atoms with Gasteiger partial charge in [-0.05, 0) is 0 Å². The van der Waals surface area contributed by atoms with Crippen LogP contribution in [-0.4, -0.2) is 22.8 Å². The summed E-state index contributed by atoms with van der Waals surface area (Å²) in [5.74, 6) is 0. The van der Waals surface area contributed by atoms with Crippen LogP contribution in [0.15, 0.2) is 30.3 Å². The molecular formula is C9H11NO2Si. The smallest absolute Gasteiger partial charge is 0.384 e. The van der Waals surface area contributed by atoms with Crippen molar-refractivity contribution in [1.82, 2.24) is 0 Å². The topological polar surface area (TPSA) is 42.2 Å². The molecular weight excluding hydrogens is 182 g/mol. The fourth-order valence-electron chi connectivity index (χ4n) is 1.13. The maximum absolute atomic E-state index is 8.99. The summed E-state index contributed by atoms with van der Waals surface area (Å²) < 4.78 is 10.4. The molecule has 0 spiro atoms. The van der Waals surface area contributed by atoms with Gasteiger partial charge in [0.2, 0.25) is 0 Å². The van der Waals surface area contributed by atoms with Crippen LogP contribution in [0, 0.1) is 11.0 Å². The van der Waals surface area contributed by atoms with Gasteiger partial charge in [-0.1, -0.05) is 30.3 Å². The molecule has 0 saturated heterocycles. The lowest BCUT2D eigenvalue weighted by molar-refractivity contribution is 0.273. The molecule has 13 heavy (non-hydrogen) atoms. The Morgan fingerprint density at radius 2 is 1.69 bits per heavy atom. The fraction of sp³-hybridized carbons (Fsp3) is 0.222. The first-order valence-corrected chi connectivity index (χ1v) is 5.68. The van der Waals surface area contributed by atoms with Gasteiger partial charge in [-0.15, -0.1) is 0 Å². The molecule has 68 valence electrons. The summed E-state index contributed by atoms with van der Waals surface area (Å²) in [7, 11) is 0.224. The van der Waals surface area contributed by atoms with Crippen LogP contribution < -0.4 is 5.19 Å². The average Bonchev–Trinajstić information content (AvgIpc) is 2.23. The zero-order valence-corrected chi connectivity index (χ0v) is 8.65. The maximum Gasteiger partial charge on any atom is 0.486 e.